The molecule has 1 saturated heterocycles. The van der Waals surface area contributed by atoms with Gasteiger partial charge in [-0.1, -0.05) is 32.9 Å². The molecule has 1 heterocycles. The SMILES string of the molecule is COc1ccc(N2CCN(CC(O)COc3ccc(C(C)(C)C)cc3)CC2)cc1. The Bertz CT molecular complexity index is 745. The summed E-state index contributed by atoms with van der Waals surface area (Å²) in [6.07, 6.45) is -0.496. The minimum Gasteiger partial charge on any atom is -0.497 e. The van der Waals surface area contributed by atoms with Gasteiger partial charge in [-0.25, -0.2) is 0 Å². The topological polar surface area (TPSA) is 45.2 Å². The lowest BCUT2D eigenvalue weighted by atomic mass is 9.87. The first-order valence-corrected chi connectivity index (χ1v) is 10.4. The van der Waals surface area contributed by atoms with Crippen molar-refractivity contribution in [2.75, 3.05) is 51.3 Å². The van der Waals surface area contributed by atoms with Crippen LogP contribution in [0, 0.1) is 0 Å². The number of hydrogen-bond acceptors (Lipinski definition) is 5. The molecule has 1 aliphatic rings. The number of aliphatic hydroxyl groups is 1. The zero-order chi connectivity index (χ0) is 20.9. The van der Waals surface area contributed by atoms with Crippen LogP contribution in [-0.4, -0.2) is 62.6 Å². The van der Waals surface area contributed by atoms with Crippen molar-refractivity contribution in [3.63, 3.8) is 0 Å². The number of benzene rings is 2. The molecule has 2 aromatic rings. The minimum atomic E-state index is -0.496. The van der Waals surface area contributed by atoms with E-state index in [9.17, 15) is 5.11 Å². The molecule has 0 aliphatic carbocycles. The molecule has 29 heavy (non-hydrogen) atoms. The first-order valence-electron chi connectivity index (χ1n) is 10.4. The molecule has 0 spiro atoms. The molecular weight excluding hydrogens is 364 g/mol. The van der Waals surface area contributed by atoms with E-state index in [4.69, 9.17) is 9.47 Å². The summed E-state index contributed by atoms with van der Waals surface area (Å²) >= 11 is 0. The highest BCUT2D eigenvalue weighted by Gasteiger charge is 2.20. The number of hydrogen-bond donors (Lipinski definition) is 1. The Labute approximate surface area is 174 Å². The fraction of sp³-hybridized carbons (Fsp3) is 0.500. The van der Waals surface area contributed by atoms with E-state index in [1.807, 2.05) is 24.3 Å². The van der Waals surface area contributed by atoms with Gasteiger partial charge in [0.1, 0.15) is 24.2 Å². The maximum atomic E-state index is 10.4. The summed E-state index contributed by atoms with van der Waals surface area (Å²) in [6.45, 7) is 11.3. The third-order valence-corrected chi connectivity index (χ3v) is 5.44. The van der Waals surface area contributed by atoms with E-state index in [0.717, 1.165) is 37.7 Å². The Kier molecular flexibility index (Phi) is 7.04. The van der Waals surface area contributed by atoms with Gasteiger partial charge in [0.15, 0.2) is 0 Å². The lowest BCUT2D eigenvalue weighted by Gasteiger charge is -2.36. The van der Waals surface area contributed by atoms with E-state index in [1.54, 1.807) is 7.11 Å². The highest BCUT2D eigenvalue weighted by Crippen LogP contribution is 2.24. The number of anilines is 1. The average Bonchev–Trinajstić information content (AvgIpc) is 2.72. The van der Waals surface area contributed by atoms with E-state index < -0.39 is 6.10 Å². The molecule has 2 aromatic carbocycles. The molecule has 1 fully saturated rings. The Morgan fingerprint density at radius 2 is 1.48 bits per heavy atom. The first kappa shape index (κ1) is 21.5. The number of β-amino-alcohol motifs (C(OH)–C–C–N with tert-alkyl or cyclic N) is 1. The maximum absolute atomic E-state index is 10.4. The van der Waals surface area contributed by atoms with Crippen LogP contribution in [0.2, 0.25) is 0 Å². The maximum Gasteiger partial charge on any atom is 0.119 e. The Morgan fingerprint density at radius 1 is 0.897 bits per heavy atom. The standard InChI is InChI=1S/C24H34N2O3/c1-24(2,3)19-5-9-23(10-6-19)29-18-21(27)17-25-13-15-26(16-14-25)20-7-11-22(28-4)12-8-20/h5-12,21,27H,13-18H2,1-4H3. The molecule has 1 unspecified atom stereocenters. The molecule has 0 radical (unpaired) electrons. The molecule has 0 aromatic heterocycles. The van der Waals surface area contributed by atoms with Gasteiger partial charge >= 0.3 is 0 Å². The molecule has 0 amide bonds. The zero-order valence-electron chi connectivity index (χ0n) is 18.1. The fourth-order valence-corrected chi connectivity index (χ4v) is 3.58. The summed E-state index contributed by atoms with van der Waals surface area (Å²) in [4.78, 5) is 4.67. The molecular formula is C24H34N2O3. The summed E-state index contributed by atoms with van der Waals surface area (Å²) in [5.41, 5.74) is 2.62. The van der Waals surface area contributed by atoms with Crippen LogP contribution >= 0.6 is 0 Å². The van der Waals surface area contributed by atoms with E-state index in [2.05, 4.69) is 54.8 Å². The molecule has 1 atom stereocenters. The normalized spacial score (nSPS) is 16.5. The van der Waals surface area contributed by atoms with Crippen LogP contribution in [0.5, 0.6) is 11.5 Å². The van der Waals surface area contributed by atoms with E-state index in [0.29, 0.717) is 13.2 Å². The second-order valence-electron chi connectivity index (χ2n) is 8.72. The van der Waals surface area contributed by atoms with Crippen LogP contribution < -0.4 is 14.4 Å². The average molecular weight is 399 g/mol. The number of piperazine rings is 1. The van der Waals surface area contributed by atoms with Crippen LogP contribution in [0.25, 0.3) is 0 Å². The summed E-state index contributed by atoms with van der Waals surface area (Å²) in [7, 11) is 1.68. The van der Waals surface area contributed by atoms with Gasteiger partial charge in [-0.2, -0.15) is 0 Å². The van der Waals surface area contributed by atoms with Crippen molar-refractivity contribution in [1.82, 2.24) is 4.90 Å². The molecule has 158 valence electrons. The molecule has 0 bridgehead atoms. The van der Waals surface area contributed by atoms with Crippen LogP contribution in [-0.2, 0) is 5.41 Å². The van der Waals surface area contributed by atoms with Gasteiger partial charge in [-0.15, -0.1) is 0 Å². The van der Waals surface area contributed by atoms with Gasteiger partial charge in [0.05, 0.1) is 7.11 Å². The Hall–Kier alpha value is -2.24. The molecule has 1 N–H and O–H groups in total. The molecule has 5 heteroatoms. The number of aliphatic hydroxyl groups excluding tert-OH is 1. The highest BCUT2D eigenvalue weighted by atomic mass is 16.5. The summed E-state index contributed by atoms with van der Waals surface area (Å²) in [6, 6.07) is 16.4. The number of rotatable bonds is 7. The van der Waals surface area contributed by atoms with Crippen LogP contribution in [0.4, 0.5) is 5.69 Å². The Morgan fingerprint density at radius 3 is 2.03 bits per heavy atom. The van der Waals surface area contributed by atoms with Gasteiger partial charge in [0, 0.05) is 38.4 Å². The van der Waals surface area contributed by atoms with E-state index in [1.165, 1.54) is 11.3 Å². The molecule has 5 nitrogen and oxygen atoms in total. The van der Waals surface area contributed by atoms with Crippen molar-refractivity contribution < 1.29 is 14.6 Å². The van der Waals surface area contributed by atoms with Gasteiger partial charge in [-0.05, 0) is 47.4 Å². The van der Waals surface area contributed by atoms with Crippen molar-refractivity contribution in [2.24, 2.45) is 0 Å². The lowest BCUT2D eigenvalue weighted by Crippen LogP contribution is -2.49. The predicted molar refractivity (Wildman–Crippen MR) is 118 cm³/mol. The quantitative estimate of drug-likeness (QED) is 0.773. The van der Waals surface area contributed by atoms with Crippen molar-refractivity contribution in [3.8, 4) is 11.5 Å². The van der Waals surface area contributed by atoms with Gasteiger partial charge in [0.2, 0.25) is 0 Å². The van der Waals surface area contributed by atoms with Gasteiger partial charge in [0.25, 0.3) is 0 Å². The van der Waals surface area contributed by atoms with Crippen LogP contribution in [0.3, 0.4) is 0 Å². The van der Waals surface area contributed by atoms with Gasteiger partial charge < -0.3 is 19.5 Å². The second-order valence-corrected chi connectivity index (χ2v) is 8.72. The Balaban J connectivity index is 1.40. The molecule has 1 aliphatic heterocycles. The first-order chi connectivity index (χ1) is 13.8. The highest BCUT2D eigenvalue weighted by molar-refractivity contribution is 5.49. The van der Waals surface area contributed by atoms with E-state index in [-0.39, 0.29) is 5.41 Å². The lowest BCUT2D eigenvalue weighted by molar-refractivity contribution is 0.0663. The fourth-order valence-electron chi connectivity index (χ4n) is 3.58. The number of nitrogens with zero attached hydrogens (tertiary/aromatic N) is 2. The third kappa shape index (κ3) is 6.12. The van der Waals surface area contributed by atoms with Crippen LogP contribution in [0.1, 0.15) is 26.3 Å². The van der Waals surface area contributed by atoms with Crippen molar-refractivity contribution in [2.45, 2.75) is 32.3 Å². The van der Waals surface area contributed by atoms with Crippen LogP contribution in [0.15, 0.2) is 48.5 Å². The zero-order valence-corrected chi connectivity index (χ0v) is 18.1. The summed E-state index contributed by atoms with van der Waals surface area (Å²) in [5.74, 6) is 1.69. The van der Waals surface area contributed by atoms with Gasteiger partial charge in [-0.3, -0.25) is 4.90 Å². The second kappa shape index (κ2) is 9.51. The molecule has 3 rings (SSSR count). The molecule has 0 saturated carbocycles. The minimum absolute atomic E-state index is 0.131. The largest absolute Gasteiger partial charge is 0.497 e. The van der Waals surface area contributed by atoms with Crippen molar-refractivity contribution >= 4 is 5.69 Å². The predicted octanol–water partition coefficient (Wildman–Crippen LogP) is 3.55. The van der Waals surface area contributed by atoms with E-state index >= 15 is 0 Å². The number of methoxy groups -OCH3 is 1. The smallest absolute Gasteiger partial charge is 0.119 e. The summed E-state index contributed by atoms with van der Waals surface area (Å²) < 4.78 is 11.0. The van der Waals surface area contributed by atoms with Crippen molar-refractivity contribution in [1.29, 1.82) is 0 Å². The summed E-state index contributed by atoms with van der Waals surface area (Å²) in [5, 5.41) is 10.4. The monoisotopic (exact) mass is 398 g/mol. The van der Waals surface area contributed by atoms with Crippen molar-refractivity contribution in [3.05, 3.63) is 54.1 Å². The third-order valence-electron chi connectivity index (χ3n) is 5.44. The number of ether oxygens (including phenoxy) is 2.